The van der Waals surface area contributed by atoms with Crippen molar-refractivity contribution in [3.8, 4) is 0 Å². The average molecular weight is 193 g/mol. The van der Waals surface area contributed by atoms with Crippen LogP contribution in [0.3, 0.4) is 0 Å². The Bertz CT molecular complexity index is 209. The Balaban J connectivity index is 3.68. The van der Waals surface area contributed by atoms with E-state index >= 15 is 0 Å². The molecule has 0 aliphatic rings. The van der Waals surface area contributed by atoms with Gasteiger partial charge in [0.15, 0.2) is 9.84 Å². The van der Waals surface area contributed by atoms with Crippen molar-refractivity contribution >= 4 is 9.84 Å². The lowest BCUT2D eigenvalue weighted by atomic mass is 10.1. The van der Waals surface area contributed by atoms with E-state index < -0.39 is 9.84 Å². The first-order chi connectivity index (χ1) is 5.31. The molecule has 0 aromatic carbocycles. The van der Waals surface area contributed by atoms with Gasteiger partial charge in [0.1, 0.15) is 5.88 Å². The van der Waals surface area contributed by atoms with Crippen molar-refractivity contribution in [2.45, 2.75) is 20.3 Å². The molecule has 0 aliphatic carbocycles. The van der Waals surface area contributed by atoms with Gasteiger partial charge in [0.2, 0.25) is 0 Å². The molecule has 0 spiro atoms. The van der Waals surface area contributed by atoms with Crippen molar-refractivity contribution in [3.05, 3.63) is 0 Å². The Morgan fingerprint density at radius 1 is 1.33 bits per heavy atom. The summed E-state index contributed by atoms with van der Waals surface area (Å²) in [5.74, 6) is 0.798. The number of nitrogens with zero attached hydrogens (tertiary/aromatic N) is 1. The summed E-state index contributed by atoms with van der Waals surface area (Å²) in [6.07, 6.45) is 2.31. The number of rotatable bonds is 5. The summed E-state index contributed by atoms with van der Waals surface area (Å²) in [5.41, 5.74) is 0. The molecule has 0 fully saturated rings. The van der Waals surface area contributed by atoms with E-state index in [1.54, 1.807) is 0 Å². The maximum absolute atomic E-state index is 10.8. The number of hydrogen-bond acceptors (Lipinski definition) is 3. The zero-order chi connectivity index (χ0) is 9.78. The summed E-state index contributed by atoms with van der Waals surface area (Å²) >= 11 is 0. The molecule has 12 heavy (non-hydrogen) atoms. The van der Waals surface area contributed by atoms with Crippen molar-refractivity contribution < 1.29 is 8.42 Å². The van der Waals surface area contributed by atoms with Crippen molar-refractivity contribution in [1.29, 1.82) is 0 Å². The van der Waals surface area contributed by atoms with Crippen LogP contribution in [-0.4, -0.2) is 39.0 Å². The fourth-order valence-electron chi connectivity index (χ4n) is 0.943. The first-order valence-electron chi connectivity index (χ1n) is 4.17. The monoisotopic (exact) mass is 193 g/mol. The predicted molar refractivity (Wildman–Crippen MR) is 51.8 cm³/mol. The van der Waals surface area contributed by atoms with Crippen molar-refractivity contribution in [1.82, 2.24) is 4.90 Å². The Morgan fingerprint density at radius 2 is 1.83 bits per heavy atom. The summed E-state index contributed by atoms with van der Waals surface area (Å²) in [5, 5.41) is 0. The molecule has 0 rings (SSSR count). The molecule has 0 heterocycles. The van der Waals surface area contributed by atoms with Gasteiger partial charge in [-0.1, -0.05) is 13.8 Å². The van der Waals surface area contributed by atoms with Crippen LogP contribution in [0.5, 0.6) is 0 Å². The van der Waals surface area contributed by atoms with Crippen molar-refractivity contribution in [2.75, 3.05) is 25.7 Å². The number of sulfone groups is 1. The van der Waals surface area contributed by atoms with Crippen LogP contribution < -0.4 is 0 Å². The largest absolute Gasteiger partial charge is 0.293 e. The highest BCUT2D eigenvalue weighted by molar-refractivity contribution is 7.90. The van der Waals surface area contributed by atoms with E-state index in [0.29, 0.717) is 5.92 Å². The lowest BCUT2D eigenvalue weighted by Gasteiger charge is -2.16. The minimum atomic E-state index is -2.85. The Morgan fingerprint density at radius 3 is 2.17 bits per heavy atom. The van der Waals surface area contributed by atoms with Crippen LogP contribution in [0.25, 0.3) is 0 Å². The quantitative estimate of drug-likeness (QED) is 0.653. The smallest absolute Gasteiger partial charge is 0.160 e. The fourth-order valence-corrected chi connectivity index (χ4v) is 1.87. The molecular weight excluding hydrogens is 174 g/mol. The zero-order valence-electron chi connectivity index (χ0n) is 8.37. The molecule has 0 atom stereocenters. The molecule has 0 amide bonds. The van der Waals surface area contributed by atoms with E-state index in [0.717, 1.165) is 13.0 Å². The number of hydrogen-bond donors (Lipinski definition) is 0. The van der Waals surface area contributed by atoms with Gasteiger partial charge in [0.25, 0.3) is 0 Å². The highest BCUT2D eigenvalue weighted by Gasteiger charge is 2.07. The molecule has 0 aromatic rings. The Kier molecular flexibility index (Phi) is 4.78. The summed E-state index contributed by atoms with van der Waals surface area (Å²) < 4.78 is 21.7. The van der Waals surface area contributed by atoms with Gasteiger partial charge in [-0.15, -0.1) is 0 Å². The second-order valence-electron chi connectivity index (χ2n) is 3.82. The first-order valence-corrected chi connectivity index (χ1v) is 6.23. The third-order valence-corrected chi connectivity index (χ3v) is 2.45. The van der Waals surface area contributed by atoms with Gasteiger partial charge in [-0.05, 0) is 25.9 Å². The van der Waals surface area contributed by atoms with Gasteiger partial charge >= 0.3 is 0 Å². The maximum atomic E-state index is 10.8. The Labute approximate surface area is 75.7 Å². The van der Waals surface area contributed by atoms with Crippen LogP contribution in [-0.2, 0) is 9.84 Å². The van der Waals surface area contributed by atoms with E-state index in [2.05, 4.69) is 13.8 Å². The molecule has 0 bridgehead atoms. The highest BCUT2D eigenvalue weighted by atomic mass is 32.2. The van der Waals surface area contributed by atoms with Gasteiger partial charge < -0.3 is 0 Å². The van der Waals surface area contributed by atoms with Crippen LogP contribution in [0.15, 0.2) is 0 Å². The van der Waals surface area contributed by atoms with Crippen LogP contribution >= 0.6 is 0 Å². The maximum Gasteiger partial charge on any atom is 0.160 e. The van der Waals surface area contributed by atoms with Gasteiger partial charge in [-0.25, -0.2) is 8.42 Å². The molecule has 0 saturated carbocycles. The summed E-state index contributed by atoms with van der Waals surface area (Å²) in [6, 6.07) is 0. The highest BCUT2D eigenvalue weighted by Crippen LogP contribution is 2.01. The molecule has 0 unspecified atom stereocenters. The van der Waals surface area contributed by atoms with E-state index in [-0.39, 0.29) is 5.88 Å². The lowest BCUT2D eigenvalue weighted by molar-refractivity contribution is 0.349. The Hall–Kier alpha value is -0.0900. The van der Waals surface area contributed by atoms with Crippen LogP contribution in [0.4, 0.5) is 0 Å². The fraction of sp³-hybridized carbons (Fsp3) is 1.00. The van der Waals surface area contributed by atoms with Gasteiger partial charge in [-0.2, -0.15) is 0 Å². The summed E-state index contributed by atoms with van der Waals surface area (Å²) in [7, 11) is -1.01. The van der Waals surface area contributed by atoms with E-state index in [1.165, 1.54) is 6.26 Å². The van der Waals surface area contributed by atoms with E-state index in [1.807, 2.05) is 11.9 Å². The minimum Gasteiger partial charge on any atom is -0.293 e. The molecular formula is C8H19NO2S. The molecule has 0 N–H and O–H groups in total. The second-order valence-corrected chi connectivity index (χ2v) is 5.93. The van der Waals surface area contributed by atoms with Crippen molar-refractivity contribution in [3.63, 3.8) is 0 Å². The lowest BCUT2D eigenvalue weighted by Crippen LogP contribution is -2.27. The van der Waals surface area contributed by atoms with Crippen LogP contribution in [0.1, 0.15) is 20.3 Å². The summed E-state index contributed by atoms with van der Waals surface area (Å²) in [4.78, 5) is 1.84. The standard InChI is InChI=1S/C8H19NO2S/c1-8(2)5-6-9(3)7-12(4,10)11/h8H,5-7H2,1-4H3. The average Bonchev–Trinajstić information content (AvgIpc) is 1.79. The normalized spacial score (nSPS) is 12.8. The van der Waals surface area contributed by atoms with Crippen LogP contribution in [0, 0.1) is 5.92 Å². The third-order valence-electron chi connectivity index (χ3n) is 1.54. The molecule has 0 aromatic heterocycles. The summed E-state index contributed by atoms with van der Waals surface area (Å²) in [6.45, 7) is 5.12. The molecule has 74 valence electrons. The van der Waals surface area contributed by atoms with E-state index in [4.69, 9.17) is 0 Å². The second kappa shape index (κ2) is 4.82. The first kappa shape index (κ1) is 11.9. The topological polar surface area (TPSA) is 37.4 Å². The van der Waals surface area contributed by atoms with Gasteiger partial charge in [-0.3, -0.25) is 4.90 Å². The van der Waals surface area contributed by atoms with Gasteiger partial charge in [0.05, 0.1) is 0 Å². The third kappa shape index (κ3) is 8.01. The minimum absolute atomic E-state index is 0.166. The van der Waals surface area contributed by atoms with E-state index in [9.17, 15) is 8.42 Å². The van der Waals surface area contributed by atoms with Crippen molar-refractivity contribution in [2.24, 2.45) is 5.92 Å². The molecule has 0 radical (unpaired) electrons. The molecule has 3 nitrogen and oxygen atoms in total. The molecule has 4 heteroatoms. The zero-order valence-corrected chi connectivity index (χ0v) is 9.19. The molecule has 0 aliphatic heterocycles. The predicted octanol–water partition coefficient (Wildman–Crippen LogP) is 0.966. The molecule has 0 saturated heterocycles. The SMILES string of the molecule is CC(C)CCN(C)CS(C)(=O)=O. The van der Waals surface area contributed by atoms with Gasteiger partial charge in [0, 0.05) is 6.26 Å². The van der Waals surface area contributed by atoms with Crippen LogP contribution in [0.2, 0.25) is 0 Å².